The molecule has 0 aromatic carbocycles. The van der Waals surface area contributed by atoms with Crippen molar-refractivity contribution in [2.24, 2.45) is 23.7 Å². The highest BCUT2D eigenvalue weighted by molar-refractivity contribution is 5.81. The maximum absolute atomic E-state index is 11.3. The van der Waals surface area contributed by atoms with Gasteiger partial charge >= 0.3 is 23.9 Å². The first-order chi connectivity index (χ1) is 10.1. The van der Waals surface area contributed by atoms with Crippen LogP contribution in [0.25, 0.3) is 0 Å². The molecule has 0 aliphatic carbocycles. The molecule has 0 saturated heterocycles. The summed E-state index contributed by atoms with van der Waals surface area (Å²) in [6, 6.07) is 0. The second kappa shape index (κ2) is 9.01. The van der Waals surface area contributed by atoms with Crippen LogP contribution in [-0.4, -0.2) is 44.3 Å². The Labute approximate surface area is 127 Å². The highest BCUT2D eigenvalue weighted by Crippen LogP contribution is 2.28. The Balaban J connectivity index is 5.09. The predicted octanol–water partition coefficient (Wildman–Crippen LogP) is 1.39. The second-order valence-electron chi connectivity index (χ2n) is 5.33. The number of hydrogen-bond acceptors (Lipinski definition) is 4. The molecule has 0 bridgehead atoms. The summed E-state index contributed by atoms with van der Waals surface area (Å²) in [5, 5.41) is 36.3. The lowest BCUT2D eigenvalue weighted by atomic mass is 9.81. The van der Waals surface area contributed by atoms with Gasteiger partial charge in [0.2, 0.25) is 0 Å². The van der Waals surface area contributed by atoms with Crippen LogP contribution in [0, 0.1) is 23.7 Å². The first-order valence-corrected chi connectivity index (χ1v) is 7.04. The average Bonchev–Trinajstić information content (AvgIpc) is 2.39. The minimum Gasteiger partial charge on any atom is -0.481 e. The molecule has 0 amide bonds. The van der Waals surface area contributed by atoms with Gasteiger partial charge in [0.15, 0.2) is 0 Å². The maximum Gasteiger partial charge on any atom is 0.307 e. The molecule has 22 heavy (non-hydrogen) atoms. The number of hydrogen-bond donors (Lipinski definition) is 4. The Hall–Kier alpha value is -2.12. The fourth-order valence-electron chi connectivity index (χ4n) is 2.42. The Kier molecular flexibility index (Phi) is 8.14. The van der Waals surface area contributed by atoms with Crippen LogP contribution >= 0.6 is 0 Å². The highest BCUT2D eigenvalue weighted by atomic mass is 16.4. The highest BCUT2D eigenvalue weighted by Gasteiger charge is 2.36. The summed E-state index contributed by atoms with van der Waals surface area (Å²) in [5.41, 5.74) is 0. The van der Waals surface area contributed by atoms with Crippen molar-refractivity contribution < 1.29 is 39.6 Å². The summed E-state index contributed by atoms with van der Waals surface area (Å²) in [7, 11) is 0. The van der Waals surface area contributed by atoms with Crippen LogP contribution in [0.3, 0.4) is 0 Å². The third-order valence-corrected chi connectivity index (χ3v) is 3.82. The molecule has 0 radical (unpaired) electrons. The van der Waals surface area contributed by atoms with Gasteiger partial charge in [-0.3, -0.25) is 19.2 Å². The van der Waals surface area contributed by atoms with Crippen LogP contribution in [0.1, 0.15) is 39.5 Å². The van der Waals surface area contributed by atoms with E-state index in [9.17, 15) is 24.3 Å². The molecule has 4 unspecified atom stereocenters. The summed E-state index contributed by atoms with van der Waals surface area (Å²) in [5.74, 6) is -9.96. The van der Waals surface area contributed by atoms with Crippen molar-refractivity contribution in [3.8, 4) is 0 Å². The van der Waals surface area contributed by atoms with Crippen LogP contribution in [0.15, 0.2) is 0 Å². The summed E-state index contributed by atoms with van der Waals surface area (Å²) >= 11 is 0. The van der Waals surface area contributed by atoms with E-state index in [1.807, 2.05) is 0 Å². The number of carboxylic acids is 4. The van der Waals surface area contributed by atoms with Crippen molar-refractivity contribution in [3.05, 3.63) is 0 Å². The van der Waals surface area contributed by atoms with Crippen LogP contribution < -0.4 is 0 Å². The zero-order valence-corrected chi connectivity index (χ0v) is 12.6. The third kappa shape index (κ3) is 5.71. The quantitative estimate of drug-likeness (QED) is 0.446. The molecule has 8 heteroatoms. The predicted molar refractivity (Wildman–Crippen MR) is 74.3 cm³/mol. The fourth-order valence-corrected chi connectivity index (χ4v) is 2.42. The van der Waals surface area contributed by atoms with E-state index >= 15 is 0 Å². The van der Waals surface area contributed by atoms with Gasteiger partial charge in [-0.15, -0.1) is 0 Å². The molecule has 8 nitrogen and oxygen atoms in total. The standard InChI is InChI=1S/C14H22O8/c1-3-4-9(13(19)20)10(14(21)22)6-5-8(12(17)18)7(2)11(15)16/h7-10H,3-6H2,1-2H3,(H,15,16)(H,17,18)(H,19,20)(H,21,22). The van der Waals surface area contributed by atoms with Gasteiger partial charge in [-0.25, -0.2) is 0 Å². The van der Waals surface area contributed by atoms with E-state index in [1.165, 1.54) is 6.92 Å². The van der Waals surface area contributed by atoms with Gasteiger partial charge in [0.1, 0.15) is 0 Å². The largest absolute Gasteiger partial charge is 0.481 e. The summed E-state index contributed by atoms with van der Waals surface area (Å²) in [6.45, 7) is 2.96. The van der Waals surface area contributed by atoms with Crippen molar-refractivity contribution in [2.75, 3.05) is 0 Å². The first kappa shape index (κ1) is 19.9. The molecular formula is C14H22O8. The number of rotatable bonds is 11. The smallest absolute Gasteiger partial charge is 0.307 e. The van der Waals surface area contributed by atoms with E-state index in [1.54, 1.807) is 6.92 Å². The van der Waals surface area contributed by atoms with Crippen molar-refractivity contribution in [2.45, 2.75) is 39.5 Å². The van der Waals surface area contributed by atoms with Gasteiger partial charge in [-0.05, 0) is 19.3 Å². The van der Waals surface area contributed by atoms with E-state index in [2.05, 4.69) is 0 Å². The van der Waals surface area contributed by atoms with E-state index < -0.39 is 47.5 Å². The molecule has 0 aliphatic heterocycles. The molecule has 0 rings (SSSR count). The Morgan fingerprint density at radius 3 is 1.36 bits per heavy atom. The Morgan fingerprint density at radius 1 is 0.682 bits per heavy atom. The van der Waals surface area contributed by atoms with Crippen molar-refractivity contribution >= 4 is 23.9 Å². The normalized spacial score (nSPS) is 16.3. The lowest BCUT2D eigenvalue weighted by molar-refractivity contribution is -0.156. The van der Waals surface area contributed by atoms with E-state index in [0.717, 1.165) is 0 Å². The molecule has 126 valence electrons. The van der Waals surface area contributed by atoms with E-state index in [4.69, 9.17) is 15.3 Å². The zero-order chi connectivity index (χ0) is 17.4. The maximum atomic E-state index is 11.3. The van der Waals surface area contributed by atoms with Crippen molar-refractivity contribution in [1.82, 2.24) is 0 Å². The first-order valence-electron chi connectivity index (χ1n) is 7.04. The molecule has 0 aromatic heterocycles. The molecule has 0 aromatic rings. The molecule has 0 fully saturated rings. The average molecular weight is 318 g/mol. The van der Waals surface area contributed by atoms with Gasteiger partial charge in [0, 0.05) is 0 Å². The van der Waals surface area contributed by atoms with Crippen LogP contribution in [0.2, 0.25) is 0 Å². The summed E-state index contributed by atoms with van der Waals surface area (Å²) in [6.07, 6.45) is 0.251. The monoisotopic (exact) mass is 318 g/mol. The molecule has 0 saturated carbocycles. The number of carbonyl (C=O) groups is 4. The third-order valence-electron chi connectivity index (χ3n) is 3.82. The zero-order valence-electron chi connectivity index (χ0n) is 12.6. The Bertz CT molecular complexity index is 431. The van der Waals surface area contributed by atoms with Crippen LogP contribution in [0.5, 0.6) is 0 Å². The van der Waals surface area contributed by atoms with E-state index in [0.29, 0.717) is 6.42 Å². The molecule has 0 heterocycles. The molecule has 0 aliphatic rings. The molecule has 4 atom stereocenters. The topological polar surface area (TPSA) is 149 Å². The SMILES string of the molecule is CCCC(C(=O)O)C(CCC(C(=O)O)C(C)C(=O)O)C(=O)O. The van der Waals surface area contributed by atoms with Crippen molar-refractivity contribution in [1.29, 1.82) is 0 Å². The Morgan fingerprint density at radius 2 is 1.05 bits per heavy atom. The summed E-state index contributed by atoms with van der Waals surface area (Å²) in [4.78, 5) is 44.5. The number of carboxylic acid groups (broad SMARTS) is 4. The molecular weight excluding hydrogens is 296 g/mol. The van der Waals surface area contributed by atoms with Gasteiger partial charge in [0.05, 0.1) is 23.7 Å². The minimum absolute atomic E-state index is 0.165. The lowest BCUT2D eigenvalue weighted by Crippen LogP contribution is -2.33. The van der Waals surface area contributed by atoms with Crippen molar-refractivity contribution in [3.63, 3.8) is 0 Å². The second-order valence-corrected chi connectivity index (χ2v) is 5.33. The summed E-state index contributed by atoms with van der Waals surface area (Å²) < 4.78 is 0. The van der Waals surface area contributed by atoms with Crippen LogP contribution in [0.4, 0.5) is 0 Å². The fraction of sp³-hybridized carbons (Fsp3) is 0.714. The van der Waals surface area contributed by atoms with Gasteiger partial charge in [-0.1, -0.05) is 20.3 Å². The van der Waals surface area contributed by atoms with Gasteiger partial charge in [-0.2, -0.15) is 0 Å². The van der Waals surface area contributed by atoms with E-state index in [-0.39, 0.29) is 19.3 Å². The van der Waals surface area contributed by atoms with Gasteiger partial charge in [0.25, 0.3) is 0 Å². The van der Waals surface area contributed by atoms with Crippen LogP contribution in [-0.2, 0) is 19.2 Å². The number of aliphatic carboxylic acids is 4. The molecule has 0 spiro atoms. The minimum atomic E-state index is -1.33. The van der Waals surface area contributed by atoms with Gasteiger partial charge < -0.3 is 20.4 Å². The molecule has 4 N–H and O–H groups in total. The lowest BCUT2D eigenvalue weighted by Gasteiger charge is -2.22.